The summed E-state index contributed by atoms with van der Waals surface area (Å²) in [5, 5.41) is 2.97. The van der Waals surface area contributed by atoms with Gasteiger partial charge in [-0.05, 0) is 50.1 Å². The number of halogens is 1. The van der Waals surface area contributed by atoms with Gasteiger partial charge in [-0.25, -0.2) is 8.42 Å². The number of aryl methyl sites for hydroxylation is 3. The minimum atomic E-state index is -3.79. The number of carbonyl (C=O) groups excluding carboxylic acids is 2. The van der Waals surface area contributed by atoms with Crippen molar-refractivity contribution in [1.82, 2.24) is 9.21 Å². The molecule has 178 valence electrons. The number of ether oxygens (including phenoxy) is 1. The molecule has 0 aliphatic carbocycles. The maximum absolute atomic E-state index is 13.0. The van der Waals surface area contributed by atoms with Crippen LogP contribution in [0.15, 0.2) is 35.2 Å². The number of anilines is 1. The van der Waals surface area contributed by atoms with Gasteiger partial charge < -0.3 is 15.0 Å². The molecule has 0 bridgehead atoms. The summed E-state index contributed by atoms with van der Waals surface area (Å²) in [5.41, 5.74) is 3.68. The van der Waals surface area contributed by atoms with E-state index in [9.17, 15) is 18.0 Å². The molecule has 1 saturated heterocycles. The minimum Gasteiger partial charge on any atom is -0.379 e. The molecule has 2 aromatic carbocycles. The maximum atomic E-state index is 13.0. The summed E-state index contributed by atoms with van der Waals surface area (Å²) in [6.07, 6.45) is 0. The molecule has 2 amide bonds. The van der Waals surface area contributed by atoms with Gasteiger partial charge >= 0.3 is 0 Å². The standard InChI is InChI=1S/C23H28ClN3O5S/c1-15-11-16(2)22(17(3)12-15)25-21(28)14-26(4)23(29)19-13-18(5-6-20(19)24)33(30,31)27-7-9-32-10-8-27/h5-6,11-13H,7-10,14H2,1-4H3,(H,25,28). The van der Waals surface area contributed by atoms with E-state index in [0.29, 0.717) is 18.9 Å². The Morgan fingerprint density at radius 1 is 1.09 bits per heavy atom. The highest BCUT2D eigenvalue weighted by Gasteiger charge is 2.28. The number of carbonyl (C=O) groups is 2. The second kappa shape index (κ2) is 10.2. The normalized spacial score (nSPS) is 14.7. The fourth-order valence-corrected chi connectivity index (χ4v) is 5.45. The van der Waals surface area contributed by atoms with Crippen LogP contribution < -0.4 is 5.32 Å². The molecule has 1 aliphatic rings. The fourth-order valence-electron chi connectivity index (χ4n) is 3.81. The first kappa shape index (κ1) is 25.2. The Bertz CT molecular complexity index is 1150. The Morgan fingerprint density at radius 3 is 2.30 bits per heavy atom. The molecule has 1 heterocycles. The molecule has 1 N–H and O–H groups in total. The number of nitrogens with zero attached hydrogens (tertiary/aromatic N) is 2. The Labute approximate surface area is 199 Å². The zero-order valence-corrected chi connectivity index (χ0v) is 20.7. The summed E-state index contributed by atoms with van der Waals surface area (Å²) >= 11 is 6.22. The van der Waals surface area contributed by atoms with Crippen molar-refractivity contribution in [2.75, 3.05) is 45.2 Å². The number of benzene rings is 2. The lowest BCUT2D eigenvalue weighted by Crippen LogP contribution is -2.40. The first-order valence-corrected chi connectivity index (χ1v) is 12.3. The number of rotatable bonds is 6. The van der Waals surface area contributed by atoms with E-state index in [1.165, 1.54) is 34.5 Å². The van der Waals surface area contributed by atoms with Crippen LogP contribution in [0.4, 0.5) is 5.69 Å². The third kappa shape index (κ3) is 5.73. The zero-order chi connectivity index (χ0) is 24.3. The smallest absolute Gasteiger partial charge is 0.255 e. The second-order valence-corrected chi connectivity index (χ2v) is 10.5. The summed E-state index contributed by atoms with van der Waals surface area (Å²) < 4.78 is 32.4. The molecule has 1 fully saturated rings. The van der Waals surface area contributed by atoms with Gasteiger partial charge in [-0.15, -0.1) is 0 Å². The van der Waals surface area contributed by atoms with Crippen LogP contribution >= 0.6 is 11.6 Å². The van der Waals surface area contributed by atoms with E-state index in [1.54, 1.807) is 0 Å². The molecule has 0 spiro atoms. The molecule has 0 atom stereocenters. The van der Waals surface area contributed by atoms with Gasteiger partial charge in [-0.1, -0.05) is 29.3 Å². The molecule has 1 aliphatic heterocycles. The van der Waals surface area contributed by atoms with Gasteiger partial charge in [0.15, 0.2) is 0 Å². The van der Waals surface area contributed by atoms with E-state index in [-0.39, 0.29) is 41.0 Å². The van der Waals surface area contributed by atoms with Crippen molar-refractivity contribution < 1.29 is 22.7 Å². The number of morpholine rings is 1. The van der Waals surface area contributed by atoms with Crippen molar-refractivity contribution >= 4 is 39.1 Å². The number of amides is 2. The fraction of sp³-hybridized carbons (Fsp3) is 0.391. The molecule has 2 aromatic rings. The Balaban J connectivity index is 1.76. The highest BCUT2D eigenvalue weighted by atomic mass is 35.5. The van der Waals surface area contributed by atoms with Crippen LogP contribution in [0.3, 0.4) is 0 Å². The molecule has 0 radical (unpaired) electrons. The van der Waals surface area contributed by atoms with E-state index >= 15 is 0 Å². The third-order valence-electron chi connectivity index (χ3n) is 5.44. The molecule has 10 heteroatoms. The van der Waals surface area contributed by atoms with Crippen molar-refractivity contribution in [2.45, 2.75) is 25.7 Å². The van der Waals surface area contributed by atoms with E-state index in [4.69, 9.17) is 16.3 Å². The second-order valence-electron chi connectivity index (χ2n) is 8.14. The van der Waals surface area contributed by atoms with Gasteiger partial charge in [-0.2, -0.15) is 4.31 Å². The summed E-state index contributed by atoms with van der Waals surface area (Å²) in [4.78, 5) is 26.8. The molecule has 3 rings (SSSR count). The quantitative estimate of drug-likeness (QED) is 0.667. The average Bonchev–Trinajstić information content (AvgIpc) is 2.76. The molecule has 0 saturated carbocycles. The number of hydrogen-bond acceptors (Lipinski definition) is 5. The van der Waals surface area contributed by atoms with Crippen LogP contribution in [0, 0.1) is 20.8 Å². The monoisotopic (exact) mass is 493 g/mol. The summed E-state index contributed by atoms with van der Waals surface area (Å²) in [7, 11) is -2.32. The van der Waals surface area contributed by atoms with E-state index < -0.39 is 15.9 Å². The van der Waals surface area contributed by atoms with Gasteiger partial charge in [0.05, 0.1) is 35.2 Å². The van der Waals surface area contributed by atoms with Crippen LogP contribution in [0.25, 0.3) is 0 Å². The lowest BCUT2D eigenvalue weighted by molar-refractivity contribution is -0.116. The van der Waals surface area contributed by atoms with Gasteiger partial charge in [-0.3, -0.25) is 9.59 Å². The van der Waals surface area contributed by atoms with Crippen LogP contribution in [0.5, 0.6) is 0 Å². The van der Waals surface area contributed by atoms with Crippen molar-refractivity contribution in [1.29, 1.82) is 0 Å². The van der Waals surface area contributed by atoms with Crippen molar-refractivity contribution in [3.05, 3.63) is 57.6 Å². The number of hydrogen-bond donors (Lipinski definition) is 1. The van der Waals surface area contributed by atoms with E-state index in [0.717, 1.165) is 16.7 Å². The average molecular weight is 494 g/mol. The van der Waals surface area contributed by atoms with Gasteiger partial charge in [0, 0.05) is 25.8 Å². The lowest BCUT2D eigenvalue weighted by Gasteiger charge is -2.26. The van der Waals surface area contributed by atoms with Gasteiger partial charge in [0.2, 0.25) is 15.9 Å². The molecule has 8 nitrogen and oxygen atoms in total. The van der Waals surface area contributed by atoms with Gasteiger partial charge in [0.25, 0.3) is 5.91 Å². The summed E-state index contributed by atoms with van der Waals surface area (Å²) in [6, 6.07) is 7.96. The van der Waals surface area contributed by atoms with Crippen molar-refractivity contribution in [2.24, 2.45) is 0 Å². The summed E-state index contributed by atoms with van der Waals surface area (Å²) in [5.74, 6) is -0.916. The van der Waals surface area contributed by atoms with E-state index in [2.05, 4.69) is 5.32 Å². The van der Waals surface area contributed by atoms with Crippen LogP contribution in [-0.4, -0.2) is 69.3 Å². The number of nitrogens with one attached hydrogen (secondary N) is 1. The third-order valence-corrected chi connectivity index (χ3v) is 7.67. The first-order chi connectivity index (χ1) is 15.5. The molecular formula is C23H28ClN3O5S. The summed E-state index contributed by atoms with van der Waals surface area (Å²) in [6.45, 7) is 6.69. The lowest BCUT2D eigenvalue weighted by atomic mass is 10.1. The Kier molecular flexibility index (Phi) is 7.79. The molecule has 33 heavy (non-hydrogen) atoms. The van der Waals surface area contributed by atoms with Crippen molar-refractivity contribution in [3.63, 3.8) is 0 Å². The Hall–Kier alpha value is -2.46. The number of likely N-dealkylation sites (N-methyl/N-ethyl adjacent to an activating group) is 1. The Morgan fingerprint density at radius 2 is 1.70 bits per heavy atom. The SMILES string of the molecule is Cc1cc(C)c(NC(=O)CN(C)C(=O)c2cc(S(=O)(=O)N3CCOCC3)ccc2Cl)c(C)c1. The molecule has 0 aromatic heterocycles. The largest absolute Gasteiger partial charge is 0.379 e. The maximum Gasteiger partial charge on any atom is 0.255 e. The minimum absolute atomic E-state index is 0.0176. The highest BCUT2D eigenvalue weighted by molar-refractivity contribution is 7.89. The van der Waals surface area contributed by atoms with Gasteiger partial charge in [0.1, 0.15) is 0 Å². The van der Waals surface area contributed by atoms with Crippen molar-refractivity contribution in [3.8, 4) is 0 Å². The predicted molar refractivity (Wildman–Crippen MR) is 127 cm³/mol. The first-order valence-electron chi connectivity index (χ1n) is 10.5. The number of sulfonamides is 1. The van der Waals surface area contributed by atoms with Crippen LogP contribution in [0.2, 0.25) is 5.02 Å². The van der Waals surface area contributed by atoms with Crippen LogP contribution in [-0.2, 0) is 19.6 Å². The zero-order valence-electron chi connectivity index (χ0n) is 19.1. The molecular weight excluding hydrogens is 466 g/mol. The van der Waals surface area contributed by atoms with Crippen LogP contribution in [0.1, 0.15) is 27.0 Å². The highest BCUT2D eigenvalue weighted by Crippen LogP contribution is 2.25. The van der Waals surface area contributed by atoms with E-state index in [1.807, 2.05) is 32.9 Å². The topological polar surface area (TPSA) is 96.0 Å². The predicted octanol–water partition coefficient (Wildman–Crippen LogP) is 3.00. The molecule has 0 unspecified atom stereocenters.